The molecule has 1 atom stereocenters. The van der Waals surface area contributed by atoms with Crippen LogP contribution in [0.3, 0.4) is 0 Å². The van der Waals surface area contributed by atoms with Crippen LogP contribution in [0, 0.1) is 11.3 Å². The Morgan fingerprint density at radius 2 is 1.72 bits per heavy atom. The third kappa shape index (κ3) is 2.89. The molecule has 0 aromatic carbocycles. The summed E-state index contributed by atoms with van der Waals surface area (Å²) in [4.78, 5) is 0. The van der Waals surface area contributed by atoms with Crippen LogP contribution in [0.1, 0.15) is 58.8 Å². The molecule has 2 aliphatic rings. The highest BCUT2D eigenvalue weighted by Gasteiger charge is 2.43. The van der Waals surface area contributed by atoms with Crippen LogP contribution in [0.15, 0.2) is 0 Å². The fourth-order valence-electron chi connectivity index (χ4n) is 3.82. The summed E-state index contributed by atoms with van der Waals surface area (Å²) < 4.78 is 6.05. The zero-order valence-electron chi connectivity index (χ0n) is 11.8. The standard InChI is InChI=1S/C15H28O3/c1-14(2)8-7-13(18-14)9-15(10-16,11-17)12-5-3-4-6-12/h12-13,16-17H,3-11H2,1-2H3. The monoisotopic (exact) mass is 256 g/mol. The molecule has 18 heavy (non-hydrogen) atoms. The molecule has 3 heteroatoms. The van der Waals surface area contributed by atoms with Crippen molar-refractivity contribution in [3.63, 3.8) is 0 Å². The Bertz CT molecular complexity index is 265. The average molecular weight is 256 g/mol. The first kappa shape index (κ1) is 14.3. The lowest BCUT2D eigenvalue weighted by atomic mass is 9.71. The molecule has 0 radical (unpaired) electrons. The maximum absolute atomic E-state index is 9.81. The Hall–Kier alpha value is -0.120. The molecular formula is C15H28O3. The molecule has 1 saturated heterocycles. The van der Waals surface area contributed by atoms with E-state index in [2.05, 4.69) is 13.8 Å². The van der Waals surface area contributed by atoms with Crippen LogP contribution >= 0.6 is 0 Å². The molecule has 1 heterocycles. The second-order valence-electron chi connectivity index (χ2n) is 6.90. The number of hydrogen-bond acceptors (Lipinski definition) is 3. The van der Waals surface area contributed by atoms with E-state index >= 15 is 0 Å². The number of rotatable bonds is 5. The van der Waals surface area contributed by atoms with E-state index in [1.165, 1.54) is 12.8 Å². The molecule has 0 aromatic heterocycles. The van der Waals surface area contributed by atoms with E-state index in [4.69, 9.17) is 4.74 Å². The van der Waals surface area contributed by atoms with Gasteiger partial charge < -0.3 is 14.9 Å². The van der Waals surface area contributed by atoms with Gasteiger partial charge in [0.1, 0.15) is 0 Å². The zero-order chi connectivity index (χ0) is 13.2. The summed E-state index contributed by atoms with van der Waals surface area (Å²) in [5.41, 5.74) is -0.349. The number of aliphatic hydroxyl groups is 2. The molecule has 1 aliphatic heterocycles. The lowest BCUT2D eigenvalue weighted by molar-refractivity contribution is -0.0737. The summed E-state index contributed by atoms with van der Waals surface area (Å²) in [5, 5.41) is 19.6. The predicted molar refractivity (Wildman–Crippen MR) is 71.4 cm³/mol. The van der Waals surface area contributed by atoms with E-state index in [1.807, 2.05) is 0 Å². The minimum absolute atomic E-state index is 0.0308. The van der Waals surface area contributed by atoms with Crippen molar-refractivity contribution < 1.29 is 14.9 Å². The second kappa shape index (κ2) is 5.48. The Morgan fingerprint density at radius 1 is 1.11 bits per heavy atom. The number of aliphatic hydroxyl groups excluding tert-OH is 2. The minimum atomic E-state index is -0.318. The topological polar surface area (TPSA) is 49.7 Å². The van der Waals surface area contributed by atoms with Gasteiger partial charge in [-0.1, -0.05) is 12.8 Å². The van der Waals surface area contributed by atoms with Crippen LogP contribution in [0.2, 0.25) is 0 Å². The molecule has 1 unspecified atom stereocenters. The minimum Gasteiger partial charge on any atom is -0.396 e. The third-order valence-electron chi connectivity index (χ3n) is 5.04. The molecule has 2 N–H and O–H groups in total. The van der Waals surface area contributed by atoms with Gasteiger partial charge in [0.25, 0.3) is 0 Å². The first-order chi connectivity index (χ1) is 8.51. The van der Waals surface area contributed by atoms with Crippen LogP contribution in [0.5, 0.6) is 0 Å². The average Bonchev–Trinajstić information content (AvgIpc) is 2.96. The van der Waals surface area contributed by atoms with Gasteiger partial charge in [0.2, 0.25) is 0 Å². The van der Waals surface area contributed by atoms with Gasteiger partial charge in [-0.15, -0.1) is 0 Å². The Labute approximate surface area is 111 Å². The van der Waals surface area contributed by atoms with Crippen molar-refractivity contribution in [2.24, 2.45) is 11.3 Å². The predicted octanol–water partition coefficient (Wildman–Crippen LogP) is 2.50. The van der Waals surface area contributed by atoms with Gasteiger partial charge in [-0.05, 0) is 51.9 Å². The van der Waals surface area contributed by atoms with Crippen LogP contribution in [0.25, 0.3) is 0 Å². The molecule has 106 valence electrons. The van der Waals surface area contributed by atoms with E-state index in [-0.39, 0.29) is 30.3 Å². The smallest absolute Gasteiger partial charge is 0.0631 e. The van der Waals surface area contributed by atoms with Crippen molar-refractivity contribution >= 4 is 0 Å². The van der Waals surface area contributed by atoms with Crippen LogP contribution in [0.4, 0.5) is 0 Å². The molecular weight excluding hydrogens is 228 g/mol. The van der Waals surface area contributed by atoms with Gasteiger partial charge in [0.15, 0.2) is 0 Å². The zero-order valence-corrected chi connectivity index (χ0v) is 11.8. The number of ether oxygens (including phenoxy) is 1. The summed E-state index contributed by atoms with van der Waals surface area (Å²) in [6, 6.07) is 0. The van der Waals surface area contributed by atoms with Crippen molar-refractivity contribution in [2.45, 2.75) is 70.5 Å². The van der Waals surface area contributed by atoms with Crippen molar-refractivity contribution in [1.82, 2.24) is 0 Å². The SMILES string of the molecule is CC1(C)CCC(CC(CO)(CO)C2CCCC2)O1. The highest BCUT2D eigenvalue weighted by molar-refractivity contribution is 4.93. The Kier molecular flexibility index (Phi) is 4.35. The van der Waals surface area contributed by atoms with Gasteiger partial charge in [-0.25, -0.2) is 0 Å². The van der Waals surface area contributed by atoms with Crippen molar-refractivity contribution in [3.8, 4) is 0 Å². The highest BCUT2D eigenvalue weighted by Crippen LogP contribution is 2.45. The van der Waals surface area contributed by atoms with Gasteiger partial charge in [-0.3, -0.25) is 0 Å². The quantitative estimate of drug-likeness (QED) is 0.794. The summed E-state index contributed by atoms with van der Waals surface area (Å²) >= 11 is 0. The van der Waals surface area contributed by atoms with Crippen molar-refractivity contribution in [1.29, 1.82) is 0 Å². The highest BCUT2D eigenvalue weighted by atomic mass is 16.5. The van der Waals surface area contributed by atoms with E-state index in [1.54, 1.807) is 0 Å². The van der Waals surface area contributed by atoms with Gasteiger partial charge in [0.05, 0.1) is 24.9 Å². The van der Waals surface area contributed by atoms with Gasteiger partial charge >= 0.3 is 0 Å². The second-order valence-corrected chi connectivity index (χ2v) is 6.90. The van der Waals surface area contributed by atoms with Gasteiger partial charge in [0, 0.05) is 5.41 Å². The molecule has 0 amide bonds. The number of hydrogen-bond donors (Lipinski definition) is 2. The van der Waals surface area contributed by atoms with Crippen LogP contribution in [-0.2, 0) is 4.74 Å². The van der Waals surface area contributed by atoms with Crippen molar-refractivity contribution in [2.75, 3.05) is 13.2 Å². The van der Waals surface area contributed by atoms with Crippen LogP contribution < -0.4 is 0 Å². The van der Waals surface area contributed by atoms with E-state index in [0.717, 1.165) is 32.1 Å². The Balaban J connectivity index is 2.01. The molecule has 0 aromatic rings. The summed E-state index contributed by atoms with van der Waals surface area (Å²) in [7, 11) is 0. The Morgan fingerprint density at radius 3 is 2.17 bits per heavy atom. The molecule has 1 saturated carbocycles. The van der Waals surface area contributed by atoms with Crippen molar-refractivity contribution in [3.05, 3.63) is 0 Å². The fourth-order valence-corrected chi connectivity index (χ4v) is 3.82. The molecule has 0 bridgehead atoms. The summed E-state index contributed by atoms with van der Waals surface area (Å²) in [6.07, 6.45) is 7.94. The summed E-state index contributed by atoms with van der Waals surface area (Å²) in [5.74, 6) is 0.472. The molecule has 2 rings (SSSR count). The van der Waals surface area contributed by atoms with E-state index < -0.39 is 0 Å². The molecule has 2 fully saturated rings. The van der Waals surface area contributed by atoms with E-state index in [0.29, 0.717) is 5.92 Å². The molecule has 0 spiro atoms. The largest absolute Gasteiger partial charge is 0.396 e. The maximum Gasteiger partial charge on any atom is 0.0631 e. The van der Waals surface area contributed by atoms with Gasteiger partial charge in [-0.2, -0.15) is 0 Å². The van der Waals surface area contributed by atoms with Crippen LogP contribution in [-0.4, -0.2) is 35.1 Å². The normalized spacial score (nSPS) is 29.0. The first-order valence-electron chi connectivity index (χ1n) is 7.41. The lowest BCUT2D eigenvalue weighted by Crippen LogP contribution is -2.40. The molecule has 1 aliphatic carbocycles. The molecule has 3 nitrogen and oxygen atoms in total. The third-order valence-corrected chi connectivity index (χ3v) is 5.04. The lowest BCUT2D eigenvalue weighted by Gasteiger charge is -2.38. The first-order valence-corrected chi connectivity index (χ1v) is 7.41. The fraction of sp³-hybridized carbons (Fsp3) is 1.00. The van der Waals surface area contributed by atoms with E-state index in [9.17, 15) is 10.2 Å². The maximum atomic E-state index is 9.81. The summed E-state index contributed by atoms with van der Waals surface area (Å²) in [6.45, 7) is 4.44.